The summed E-state index contributed by atoms with van der Waals surface area (Å²) in [5.74, 6) is -2.78. The number of hydrogen-bond donors (Lipinski definition) is 1. The maximum absolute atomic E-state index is 13.6. The minimum absolute atomic E-state index is 0.153. The number of halogens is 2. The van der Waals surface area contributed by atoms with Gasteiger partial charge in [-0.3, -0.25) is 0 Å². The second kappa shape index (κ2) is 4.05. The first-order valence-corrected chi connectivity index (χ1v) is 6.07. The molecule has 17 heavy (non-hydrogen) atoms. The van der Waals surface area contributed by atoms with E-state index in [1.165, 1.54) is 0 Å². The van der Waals surface area contributed by atoms with Crippen molar-refractivity contribution in [3.8, 4) is 0 Å². The summed E-state index contributed by atoms with van der Waals surface area (Å²) in [4.78, 5) is 0. The zero-order valence-corrected chi connectivity index (χ0v) is 10.6. The van der Waals surface area contributed by atoms with Gasteiger partial charge in [0.1, 0.15) is 0 Å². The van der Waals surface area contributed by atoms with Crippen molar-refractivity contribution in [3.63, 3.8) is 0 Å². The lowest BCUT2D eigenvalue weighted by Gasteiger charge is -2.30. The predicted molar refractivity (Wildman–Crippen MR) is 65.3 cm³/mol. The highest BCUT2D eigenvalue weighted by Crippen LogP contribution is 2.39. The third-order valence-electron chi connectivity index (χ3n) is 3.61. The Balaban J connectivity index is 2.54. The molecule has 3 heteroatoms. The van der Waals surface area contributed by atoms with Gasteiger partial charge in [0.25, 0.3) is 5.92 Å². The molecule has 1 aromatic rings. The zero-order chi connectivity index (χ0) is 12.7. The summed E-state index contributed by atoms with van der Waals surface area (Å²) in [6.07, 6.45) is 1.96. The number of nitrogens with one attached hydrogen (secondary N) is 1. The van der Waals surface area contributed by atoms with Crippen molar-refractivity contribution < 1.29 is 8.78 Å². The van der Waals surface area contributed by atoms with Crippen molar-refractivity contribution in [1.82, 2.24) is 5.32 Å². The van der Waals surface area contributed by atoms with Crippen LogP contribution >= 0.6 is 0 Å². The smallest absolute Gasteiger partial charge is 0.270 e. The molecule has 1 aliphatic rings. The van der Waals surface area contributed by atoms with Crippen LogP contribution in [0.3, 0.4) is 0 Å². The van der Waals surface area contributed by atoms with Gasteiger partial charge in [0.15, 0.2) is 0 Å². The summed E-state index contributed by atoms with van der Waals surface area (Å²) in [7, 11) is 0. The quantitative estimate of drug-likeness (QED) is 0.829. The molecule has 1 fully saturated rings. The van der Waals surface area contributed by atoms with E-state index in [4.69, 9.17) is 0 Å². The van der Waals surface area contributed by atoms with E-state index in [0.717, 1.165) is 37.4 Å². The van der Waals surface area contributed by atoms with Gasteiger partial charge < -0.3 is 5.32 Å². The van der Waals surface area contributed by atoms with Crippen LogP contribution in [0.4, 0.5) is 8.78 Å². The fourth-order valence-electron chi connectivity index (χ4n) is 2.62. The summed E-state index contributed by atoms with van der Waals surface area (Å²) in [6.45, 7) is 5.84. The molecule has 1 N–H and O–H groups in total. The van der Waals surface area contributed by atoms with Gasteiger partial charge in [0.2, 0.25) is 0 Å². The first-order chi connectivity index (χ1) is 7.83. The van der Waals surface area contributed by atoms with Crippen LogP contribution in [0, 0.1) is 6.92 Å². The zero-order valence-electron chi connectivity index (χ0n) is 10.6. The lowest BCUT2D eigenvalue weighted by Crippen LogP contribution is -2.35. The van der Waals surface area contributed by atoms with Crippen LogP contribution in [0.2, 0.25) is 0 Å². The maximum atomic E-state index is 13.6. The fourth-order valence-corrected chi connectivity index (χ4v) is 2.62. The molecule has 0 radical (unpaired) electrons. The van der Waals surface area contributed by atoms with Gasteiger partial charge in [-0.15, -0.1) is 0 Å². The molecule has 1 aromatic carbocycles. The van der Waals surface area contributed by atoms with Gasteiger partial charge in [-0.2, -0.15) is 0 Å². The van der Waals surface area contributed by atoms with Crippen LogP contribution < -0.4 is 5.32 Å². The van der Waals surface area contributed by atoms with Gasteiger partial charge in [-0.05, 0) is 38.8 Å². The molecule has 0 amide bonds. The van der Waals surface area contributed by atoms with Crippen LogP contribution in [0.25, 0.3) is 0 Å². The second-order valence-corrected chi connectivity index (χ2v) is 5.30. The highest BCUT2D eigenvalue weighted by Gasteiger charge is 2.37. The molecule has 1 aliphatic heterocycles. The Morgan fingerprint density at radius 1 is 1.35 bits per heavy atom. The summed E-state index contributed by atoms with van der Waals surface area (Å²) >= 11 is 0. The molecule has 0 aromatic heterocycles. The molecule has 0 aliphatic carbocycles. The van der Waals surface area contributed by atoms with Crippen molar-refractivity contribution in [1.29, 1.82) is 0 Å². The summed E-state index contributed by atoms with van der Waals surface area (Å²) < 4.78 is 27.3. The minimum atomic E-state index is -2.78. The van der Waals surface area contributed by atoms with Gasteiger partial charge in [-0.1, -0.05) is 23.8 Å². The third kappa shape index (κ3) is 2.34. The van der Waals surface area contributed by atoms with Gasteiger partial charge in [-0.25, -0.2) is 8.78 Å². The molecule has 1 atom stereocenters. The first kappa shape index (κ1) is 12.5. The molecule has 94 valence electrons. The van der Waals surface area contributed by atoms with E-state index in [2.05, 4.69) is 5.32 Å². The summed E-state index contributed by atoms with van der Waals surface area (Å²) in [6, 6.07) is 5.22. The second-order valence-electron chi connectivity index (χ2n) is 5.30. The minimum Gasteiger partial charge on any atom is -0.308 e. The van der Waals surface area contributed by atoms with Crippen LogP contribution in [-0.2, 0) is 11.5 Å². The average molecular weight is 239 g/mol. The van der Waals surface area contributed by atoms with Crippen molar-refractivity contribution in [2.75, 3.05) is 6.54 Å². The Kier molecular flexibility index (Phi) is 2.98. The van der Waals surface area contributed by atoms with Gasteiger partial charge >= 0.3 is 0 Å². The maximum Gasteiger partial charge on any atom is 0.270 e. The Labute approximate surface area is 101 Å². The molecule has 2 rings (SSSR count). The van der Waals surface area contributed by atoms with Crippen LogP contribution in [0.1, 0.15) is 43.4 Å². The largest absolute Gasteiger partial charge is 0.308 e. The Bertz CT molecular complexity index is 415. The van der Waals surface area contributed by atoms with E-state index in [-0.39, 0.29) is 11.1 Å². The lowest BCUT2D eigenvalue weighted by atomic mass is 9.84. The van der Waals surface area contributed by atoms with Crippen LogP contribution in [-0.4, -0.2) is 6.54 Å². The molecular formula is C14H19F2N. The first-order valence-electron chi connectivity index (χ1n) is 6.07. The average Bonchev–Trinajstić information content (AvgIpc) is 2.64. The molecule has 1 unspecified atom stereocenters. The lowest BCUT2D eigenvalue weighted by molar-refractivity contribution is 0.0152. The molecular weight excluding hydrogens is 220 g/mol. The predicted octanol–water partition coefficient (Wildman–Crippen LogP) is 3.71. The number of rotatable bonds is 2. The van der Waals surface area contributed by atoms with E-state index in [1.54, 1.807) is 12.1 Å². The normalized spacial score (nSPS) is 25.2. The molecule has 1 saturated heterocycles. The number of alkyl halides is 2. The fraction of sp³-hybridized carbons (Fsp3) is 0.571. The molecule has 0 saturated carbocycles. The van der Waals surface area contributed by atoms with E-state index >= 15 is 0 Å². The van der Waals surface area contributed by atoms with Gasteiger partial charge in [0.05, 0.1) is 0 Å². The third-order valence-corrected chi connectivity index (χ3v) is 3.61. The van der Waals surface area contributed by atoms with Crippen molar-refractivity contribution in [2.45, 2.75) is 45.1 Å². The standard InChI is InChI=1S/C14H19F2N/c1-10-5-6-11(14(3,15)16)12(9-10)13(2)7-4-8-17-13/h5-6,9,17H,4,7-8H2,1-3H3. The summed E-state index contributed by atoms with van der Waals surface area (Å²) in [5.41, 5.74) is 1.63. The Morgan fingerprint density at radius 2 is 2.06 bits per heavy atom. The number of aryl methyl sites for hydroxylation is 1. The van der Waals surface area contributed by atoms with Crippen LogP contribution in [0.15, 0.2) is 18.2 Å². The van der Waals surface area contributed by atoms with Crippen molar-refractivity contribution in [2.24, 2.45) is 0 Å². The highest BCUT2D eigenvalue weighted by molar-refractivity contribution is 5.39. The van der Waals surface area contributed by atoms with Crippen molar-refractivity contribution >= 4 is 0 Å². The molecule has 0 bridgehead atoms. The molecule has 1 heterocycles. The van der Waals surface area contributed by atoms with E-state index in [0.29, 0.717) is 0 Å². The number of benzene rings is 1. The van der Waals surface area contributed by atoms with E-state index < -0.39 is 5.92 Å². The highest BCUT2D eigenvalue weighted by atomic mass is 19.3. The van der Waals surface area contributed by atoms with Gasteiger partial charge in [0, 0.05) is 18.0 Å². The summed E-state index contributed by atoms with van der Waals surface area (Å²) in [5, 5.41) is 3.36. The van der Waals surface area contributed by atoms with E-state index in [9.17, 15) is 8.78 Å². The van der Waals surface area contributed by atoms with Crippen LogP contribution in [0.5, 0.6) is 0 Å². The van der Waals surface area contributed by atoms with Crippen molar-refractivity contribution in [3.05, 3.63) is 34.9 Å². The number of hydrogen-bond acceptors (Lipinski definition) is 1. The Morgan fingerprint density at radius 3 is 2.59 bits per heavy atom. The van der Waals surface area contributed by atoms with E-state index in [1.807, 2.05) is 19.9 Å². The Hall–Kier alpha value is -0.960. The monoisotopic (exact) mass is 239 g/mol. The topological polar surface area (TPSA) is 12.0 Å². The molecule has 0 spiro atoms. The SMILES string of the molecule is Cc1ccc(C(C)(F)F)c(C2(C)CCCN2)c1. The molecule has 1 nitrogen and oxygen atoms in total.